The molecule has 2 bridgehead atoms. The van der Waals surface area contributed by atoms with Gasteiger partial charge in [-0.25, -0.2) is 4.79 Å². The zero-order chi connectivity index (χ0) is 13.2. The van der Waals surface area contributed by atoms with Crippen LogP contribution in [0.1, 0.15) is 24.4 Å². The fourth-order valence-electron chi connectivity index (χ4n) is 3.06. The lowest BCUT2D eigenvalue weighted by molar-refractivity contribution is -0.160. The summed E-state index contributed by atoms with van der Waals surface area (Å²) in [6.07, 6.45) is 2.31. The summed E-state index contributed by atoms with van der Waals surface area (Å²) in [6, 6.07) is 8.74. The van der Waals surface area contributed by atoms with Gasteiger partial charge in [-0.2, -0.15) is 0 Å². The van der Waals surface area contributed by atoms with Crippen molar-refractivity contribution in [3.8, 4) is 0 Å². The number of rotatable bonds is 3. The number of halogens is 2. The number of piperidine rings is 3. The second-order valence-electron chi connectivity index (χ2n) is 5.50. The van der Waals surface area contributed by atoms with Crippen LogP contribution in [-0.2, 0) is 9.53 Å². The number of hydrogen-bond acceptors (Lipinski definition) is 4. The molecule has 6 heteroatoms. The van der Waals surface area contributed by atoms with Gasteiger partial charge in [0, 0.05) is 6.54 Å². The highest BCUT2D eigenvalue weighted by Gasteiger charge is 2.37. The van der Waals surface area contributed by atoms with Crippen molar-refractivity contribution in [2.45, 2.75) is 25.0 Å². The van der Waals surface area contributed by atoms with Crippen molar-refractivity contribution in [1.82, 2.24) is 4.90 Å². The van der Waals surface area contributed by atoms with Crippen molar-refractivity contribution in [3.63, 3.8) is 0 Å². The van der Waals surface area contributed by atoms with E-state index < -0.39 is 6.04 Å². The molecule has 3 saturated heterocycles. The molecule has 4 nitrogen and oxygen atoms in total. The largest absolute Gasteiger partial charge is 0.459 e. The van der Waals surface area contributed by atoms with E-state index in [1.165, 1.54) is 0 Å². The van der Waals surface area contributed by atoms with Crippen molar-refractivity contribution in [2.24, 2.45) is 11.7 Å². The van der Waals surface area contributed by atoms with E-state index in [1.54, 1.807) is 0 Å². The first kappa shape index (κ1) is 18.2. The smallest absolute Gasteiger partial charge is 0.327 e. The first-order valence-electron chi connectivity index (χ1n) is 6.97. The minimum Gasteiger partial charge on any atom is -0.459 e. The number of nitrogens with two attached hydrogens (primary N) is 1. The number of ether oxygens (including phenoxy) is 1. The SMILES string of the molecule is Cl.Cl.NC(C(=O)O[C@H]1CN2CCC1CC2)c1ccccc1. The monoisotopic (exact) mass is 332 g/mol. The average molecular weight is 333 g/mol. The molecule has 3 fully saturated rings. The van der Waals surface area contributed by atoms with E-state index in [0.29, 0.717) is 5.92 Å². The summed E-state index contributed by atoms with van der Waals surface area (Å²) in [7, 11) is 0. The second kappa shape index (κ2) is 7.99. The lowest BCUT2D eigenvalue weighted by Gasteiger charge is -2.44. The van der Waals surface area contributed by atoms with E-state index in [0.717, 1.165) is 38.0 Å². The van der Waals surface area contributed by atoms with Crippen LogP contribution in [0.25, 0.3) is 0 Å². The molecule has 118 valence electrons. The molecule has 3 aliphatic heterocycles. The number of benzene rings is 1. The van der Waals surface area contributed by atoms with Gasteiger partial charge in [-0.05, 0) is 37.4 Å². The molecule has 1 unspecified atom stereocenters. The molecule has 21 heavy (non-hydrogen) atoms. The Hall–Kier alpha value is -0.810. The zero-order valence-corrected chi connectivity index (χ0v) is 13.4. The van der Waals surface area contributed by atoms with Gasteiger partial charge >= 0.3 is 5.97 Å². The Labute approximate surface area is 137 Å². The van der Waals surface area contributed by atoms with Gasteiger partial charge in [0.15, 0.2) is 0 Å². The lowest BCUT2D eigenvalue weighted by atomic mass is 9.86. The van der Waals surface area contributed by atoms with Gasteiger partial charge in [-0.15, -0.1) is 24.8 Å². The number of fused-ring (bicyclic) bond motifs is 3. The first-order valence-corrected chi connectivity index (χ1v) is 6.97. The molecule has 3 aliphatic rings. The maximum absolute atomic E-state index is 12.1. The molecule has 3 heterocycles. The second-order valence-corrected chi connectivity index (χ2v) is 5.50. The predicted molar refractivity (Wildman–Crippen MR) is 86.9 cm³/mol. The van der Waals surface area contributed by atoms with Crippen LogP contribution in [-0.4, -0.2) is 36.6 Å². The molecule has 0 amide bonds. The summed E-state index contributed by atoms with van der Waals surface area (Å²) in [5.41, 5.74) is 6.78. The topological polar surface area (TPSA) is 55.6 Å². The van der Waals surface area contributed by atoms with Crippen molar-refractivity contribution in [1.29, 1.82) is 0 Å². The fourth-order valence-corrected chi connectivity index (χ4v) is 3.06. The van der Waals surface area contributed by atoms with E-state index in [2.05, 4.69) is 4.90 Å². The highest BCUT2D eigenvalue weighted by atomic mass is 35.5. The van der Waals surface area contributed by atoms with Gasteiger partial charge < -0.3 is 10.5 Å². The van der Waals surface area contributed by atoms with Gasteiger partial charge in [0.2, 0.25) is 0 Å². The molecule has 1 aromatic rings. The Morgan fingerprint density at radius 1 is 1.19 bits per heavy atom. The van der Waals surface area contributed by atoms with E-state index >= 15 is 0 Å². The van der Waals surface area contributed by atoms with Gasteiger partial charge in [0.25, 0.3) is 0 Å². The molecular formula is C15H22Cl2N2O2. The third-order valence-electron chi connectivity index (χ3n) is 4.28. The Morgan fingerprint density at radius 3 is 2.33 bits per heavy atom. The lowest BCUT2D eigenvalue weighted by Crippen LogP contribution is -2.52. The molecule has 1 aromatic carbocycles. The number of carbonyl (C=O) groups excluding carboxylic acids is 1. The van der Waals surface area contributed by atoms with Crippen LogP contribution in [0.4, 0.5) is 0 Å². The molecule has 0 saturated carbocycles. The quantitative estimate of drug-likeness (QED) is 0.862. The molecule has 0 aliphatic carbocycles. The van der Waals surface area contributed by atoms with Crippen molar-refractivity contribution >= 4 is 30.8 Å². The van der Waals surface area contributed by atoms with Crippen LogP contribution in [0, 0.1) is 5.92 Å². The standard InChI is InChI=1S/C15H20N2O2.2ClH/c16-14(12-4-2-1-3-5-12)15(18)19-13-10-17-8-6-11(13)7-9-17;;/h1-5,11,13-14H,6-10,16H2;2*1H/t13-,14?;;/m0../s1. The molecule has 4 rings (SSSR count). The third kappa shape index (κ3) is 4.10. The Kier molecular flexibility index (Phi) is 6.94. The molecule has 0 aromatic heterocycles. The van der Waals surface area contributed by atoms with Crippen LogP contribution >= 0.6 is 24.8 Å². The number of hydrogen-bond donors (Lipinski definition) is 1. The van der Waals surface area contributed by atoms with E-state index in [9.17, 15) is 4.79 Å². The van der Waals surface area contributed by atoms with E-state index in [4.69, 9.17) is 10.5 Å². The minimum atomic E-state index is -0.670. The average Bonchev–Trinajstić information content (AvgIpc) is 2.48. The third-order valence-corrected chi connectivity index (χ3v) is 4.28. The summed E-state index contributed by atoms with van der Waals surface area (Å²) in [5, 5.41) is 0. The molecule has 2 atom stereocenters. The fraction of sp³-hybridized carbons (Fsp3) is 0.533. The zero-order valence-electron chi connectivity index (χ0n) is 11.8. The van der Waals surface area contributed by atoms with Crippen molar-refractivity contribution in [3.05, 3.63) is 35.9 Å². The van der Waals surface area contributed by atoms with Crippen LogP contribution in [0.15, 0.2) is 30.3 Å². The van der Waals surface area contributed by atoms with E-state index in [1.807, 2.05) is 30.3 Å². The minimum absolute atomic E-state index is 0. The summed E-state index contributed by atoms with van der Waals surface area (Å²) in [4.78, 5) is 14.5. The van der Waals surface area contributed by atoms with Crippen LogP contribution in [0.2, 0.25) is 0 Å². The predicted octanol–water partition coefficient (Wildman–Crippen LogP) is 2.17. The number of esters is 1. The molecule has 0 spiro atoms. The summed E-state index contributed by atoms with van der Waals surface area (Å²) in [6.45, 7) is 3.16. The van der Waals surface area contributed by atoms with Gasteiger partial charge in [-0.3, -0.25) is 4.90 Å². The van der Waals surface area contributed by atoms with Gasteiger partial charge in [0.05, 0.1) is 0 Å². The first-order chi connectivity index (χ1) is 9.24. The van der Waals surface area contributed by atoms with Crippen LogP contribution in [0.3, 0.4) is 0 Å². The summed E-state index contributed by atoms with van der Waals surface area (Å²) in [5.74, 6) is 0.224. The number of nitrogens with zero attached hydrogens (tertiary/aromatic N) is 1. The molecule has 2 N–H and O–H groups in total. The summed E-state index contributed by atoms with van der Waals surface area (Å²) < 4.78 is 5.64. The normalized spacial score (nSPS) is 28.0. The van der Waals surface area contributed by atoms with E-state index in [-0.39, 0.29) is 36.9 Å². The molecule has 0 radical (unpaired) electrons. The Bertz CT molecular complexity index is 450. The van der Waals surface area contributed by atoms with Crippen LogP contribution in [0.5, 0.6) is 0 Å². The van der Waals surface area contributed by atoms with Gasteiger partial charge in [-0.1, -0.05) is 30.3 Å². The summed E-state index contributed by atoms with van der Waals surface area (Å²) >= 11 is 0. The maximum Gasteiger partial charge on any atom is 0.327 e. The maximum atomic E-state index is 12.1. The number of carbonyl (C=O) groups is 1. The van der Waals surface area contributed by atoms with Crippen molar-refractivity contribution < 1.29 is 9.53 Å². The van der Waals surface area contributed by atoms with Crippen LogP contribution < -0.4 is 5.73 Å². The Balaban J connectivity index is 0.00000110. The Morgan fingerprint density at radius 2 is 1.81 bits per heavy atom. The highest BCUT2D eigenvalue weighted by molar-refractivity contribution is 5.85. The molecular weight excluding hydrogens is 311 g/mol. The highest BCUT2D eigenvalue weighted by Crippen LogP contribution is 2.30. The van der Waals surface area contributed by atoms with Crippen molar-refractivity contribution in [2.75, 3.05) is 19.6 Å². The van der Waals surface area contributed by atoms with Gasteiger partial charge in [0.1, 0.15) is 12.1 Å².